The maximum atomic E-state index is 11.2. The summed E-state index contributed by atoms with van der Waals surface area (Å²) in [5, 5.41) is 6.00. The van der Waals surface area contributed by atoms with Crippen LogP contribution in [0.2, 0.25) is 0 Å². The highest BCUT2D eigenvalue weighted by atomic mass is 16.3. The Morgan fingerprint density at radius 1 is 1.38 bits per heavy atom. The first-order chi connectivity index (χ1) is 7.72. The zero-order valence-electron chi connectivity index (χ0n) is 10.0. The summed E-state index contributed by atoms with van der Waals surface area (Å²) in [6.07, 6.45) is 1.49. The Hall–Kier alpha value is -1.29. The number of carbonyl (C=O) groups excluding carboxylic acids is 1. The van der Waals surface area contributed by atoms with Gasteiger partial charge in [-0.25, -0.2) is 0 Å². The van der Waals surface area contributed by atoms with E-state index >= 15 is 0 Å². The van der Waals surface area contributed by atoms with Gasteiger partial charge in [0.2, 0.25) is 5.91 Å². The number of rotatable bonds is 7. The molecule has 90 valence electrons. The molecule has 1 aromatic heterocycles. The molecule has 16 heavy (non-hydrogen) atoms. The molecule has 0 radical (unpaired) electrons. The molecular weight excluding hydrogens is 204 g/mol. The molecule has 0 spiro atoms. The van der Waals surface area contributed by atoms with Crippen molar-refractivity contribution in [3.63, 3.8) is 0 Å². The predicted octanol–water partition coefficient (Wildman–Crippen LogP) is 1.59. The van der Waals surface area contributed by atoms with Crippen molar-refractivity contribution < 1.29 is 9.21 Å². The Labute approximate surface area is 96.4 Å². The normalized spacial score (nSPS) is 10.4. The molecule has 0 fully saturated rings. The lowest BCUT2D eigenvalue weighted by molar-refractivity contribution is -0.120. The fraction of sp³-hybridized carbons (Fsp3) is 0.583. The van der Waals surface area contributed by atoms with Crippen molar-refractivity contribution in [2.45, 2.75) is 33.2 Å². The molecule has 0 atom stereocenters. The fourth-order valence-corrected chi connectivity index (χ4v) is 1.35. The van der Waals surface area contributed by atoms with Gasteiger partial charge in [-0.2, -0.15) is 0 Å². The van der Waals surface area contributed by atoms with Gasteiger partial charge in [0.05, 0.1) is 6.54 Å². The van der Waals surface area contributed by atoms with Crippen LogP contribution < -0.4 is 10.6 Å². The van der Waals surface area contributed by atoms with Crippen LogP contribution in [-0.2, 0) is 11.3 Å². The molecule has 1 heterocycles. The predicted molar refractivity (Wildman–Crippen MR) is 63.1 cm³/mol. The second-order valence-corrected chi connectivity index (χ2v) is 3.79. The summed E-state index contributed by atoms with van der Waals surface area (Å²) in [6, 6.07) is 3.88. The molecule has 1 aromatic rings. The van der Waals surface area contributed by atoms with Gasteiger partial charge < -0.3 is 15.1 Å². The van der Waals surface area contributed by atoms with Gasteiger partial charge in [0.25, 0.3) is 0 Å². The smallest absolute Gasteiger partial charge is 0.221 e. The van der Waals surface area contributed by atoms with Gasteiger partial charge in [-0.1, -0.05) is 6.92 Å². The Bertz CT molecular complexity index is 321. The number of amides is 1. The highest BCUT2D eigenvalue weighted by Crippen LogP contribution is 2.05. The van der Waals surface area contributed by atoms with Gasteiger partial charge in [0.1, 0.15) is 11.5 Å². The summed E-state index contributed by atoms with van der Waals surface area (Å²) < 4.78 is 5.39. The Morgan fingerprint density at radius 2 is 2.19 bits per heavy atom. The number of nitrogens with one attached hydrogen (secondary N) is 2. The zero-order chi connectivity index (χ0) is 11.8. The van der Waals surface area contributed by atoms with E-state index < -0.39 is 0 Å². The van der Waals surface area contributed by atoms with E-state index in [0.717, 1.165) is 24.5 Å². The average molecular weight is 224 g/mol. The van der Waals surface area contributed by atoms with Crippen molar-refractivity contribution in [3.05, 3.63) is 23.7 Å². The van der Waals surface area contributed by atoms with Crippen molar-refractivity contribution in [2.24, 2.45) is 0 Å². The van der Waals surface area contributed by atoms with E-state index in [4.69, 9.17) is 4.42 Å². The van der Waals surface area contributed by atoms with Gasteiger partial charge >= 0.3 is 0 Å². The van der Waals surface area contributed by atoms with Crippen LogP contribution in [0, 0.1) is 6.92 Å². The minimum Gasteiger partial charge on any atom is -0.465 e. The van der Waals surface area contributed by atoms with E-state index in [1.54, 1.807) is 0 Å². The SMILES string of the molecule is CCCNC(=O)CCNCc1ccc(C)o1. The third kappa shape index (κ3) is 4.98. The van der Waals surface area contributed by atoms with Crippen molar-refractivity contribution in [1.29, 1.82) is 0 Å². The highest BCUT2D eigenvalue weighted by Gasteiger charge is 2.00. The first-order valence-electron chi connectivity index (χ1n) is 5.75. The van der Waals surface area contributed by atoms with Crippen molar-refractivity contribution >= 4 is 5.91 Å². The minimum atomic E-state index is 0.102. The summed E-state index contributed by atoms with van der Waals surface area (Å²) >= 11 is 0. The van der Waals surface area contributed by atoms with Crippen molar-refractivity contribution in [2.75, 3.05) is 13.1 Å². The van der Waals surface area contributed by atoms with Crippen LogP contribution in [0.15, 0.2) is 16.5 Å². The van der Waals surface area contributed by atoms with Gasteiger partial charge in [0.15, 0.2) is 0 Å². The fourth-order valence-electron chi connectivity index (χ4n) is 1.35. The Balaban J connectivity index is 2.05. The van der Waals surface area contributed by atoms with Gasteiger partial charge in [-0.15, -0.1) is 0 Å². The lowest BCUT2D eigenvalue weighted by atomic mass is 10.3. The number of carbonyl (C=O) groups is 1. The second kappa shape index (κ2) is 7.06. The summed E-state index contributed by atoms with van der Waals surface area (Å²) in [5.41, 5.74) is 0. The molecule has 4 heteroatoms. The first-order valence-corrected chi connectivity index (χ1v) is 5.75. The summed E-state index contributed by atoms with van der Waals surface area (Å²) in [6.45, 7) is 6.07. The third-order valence-corrected chi connectivity index (χ3v) is 2.20. The zero-order valence-corrected chi connectivity index (χ0v) is 10.0. The maximum absolute atomic E-state index is 11.2. The van der Waals surface area contributed by atoms with E-state index in [-0.39, 0.29) is 5.91 Å². The van der Waals surface area contributed by atoms with E-state index in [2.05, 4.69) is 10.6 Å². The largest absolute Gasteiger partial charge is 0.465 e. The summed E-state index contributed by atoms with van der Waals surface area (Å²) in [4.78, 5) is 11.2. The Morgan fingerprint density at radius 3 is 2.81 bits per heavy atom. The van der Waals surface area contributed by atoms with Crippen LogP contribution in [-0.4, -0.2) is 19.0 Å². The molecule has 0 saturated carbocycles. The topological polar surface area (TPSA) is 54.3 Å². The van der Waals surface area contributed by atoms with Crippen molar-refractivity contribution in [3.8, 4) is 0 Å². The lowest BCUT2D eigenvalue weighted by Crippen LogP contribution is -2.27. The summed E-state index contributed by atoms with van der Waals surface area (Å²) in [7, 11) is 0. The molecule has 0 bridgehead atoms. The lowest BCUT2D eigenvalue weighted by Gasteiger charge is -2.04. The van der Waals surface area contributed by atoms with Crippen LogP contribution in [0.5, 0.6) is 0 Å². The molecule has 0 aromatic carbocycles. The van der Waals surface area contributed by atoms with Gasteiger partial charge in [-0.05, 0) is 25.5 Å². The van der Waals surface area contributed by atoms with Gasteiger partial charge in [-0.3, -0.25) is 4.79 Å². The molecule has 0 unspecified atom stereocenters. The quantitative estimate of drug-likeness (QED) is 0.692. The van der Waals surface area contributed by atoms with Crippen LogP contribution in [0.1, 0.15) is 31.3 Å². The minimum absolute atomic E-state index is 0.102. The van der Waals surface area contributed by atoms with Crippen LogP contribution in [0.3, 0.4) is 0 Å². The summed E-state index contributed by atoms with van der Waals surface area (Å²) in [5.74, 6) is 1.92. The molecule has 1 rings (SSSR count). The Kier molecular flexibility index (Phi) is 5.64. The number of hydrogen-bond donors (Lipinski definition) is 2. The van der Waals surface area contributed by atoms with E-state index in [1.807, 2.05) is 26.0 Å². The molecule has 1 amide bonds. The molecule has 0 aliphatic carbocycles. The molecule has 0 aliphatic rings. The van der Waals surface area contributed by atoms with Crippen LogP contribution >= 0.6 is 0 Å². The number of furan rings is 1. The van der Waals surface area contributed by atoms with E-state index in [0.29, 0.717) is 19.5 Å². The molecular formula is C12H20N2O2. The highest BCUT2D eigenvalue weighted by molar-refractivity contribution is 5.75. The van der Waals surface area contributed by atoms with Crippen LogP contribution in [0.25, 0.3) is 0 Å². The average Bonchev–Trinajstić information content (AvgIpc) is 2.67. The van der Waals surface area contributed by atoms with Crippen LogP contribution in [0.4, 0.5) is 0 Å². The third-order valence-electron chi connectivity index (χ3n) is 2.20. The number of aryl methyl sites for hydroxylation is 1. The number of hydrogen-bond acceptors (Lipinski definition) is 3. The molecule has 0 saturated heterocycles. The van der Waals surface area contributed by atoms with E-state index in [1.165, 1.54) is 0 Å². The molecule has 2 N–H and O–H groups in total. The second-order valence-electron chi connectivity index (χ2n) is 3.79. The van der Waals surface area contributed by atoms with Crippen molar-refractivity contribution in [1.82, 2.24) is 10.6 Å². The molecule has 0 aliphatic heterocycles. The maximum Gasteiger partial charge on any atom is 0.221 e. The first kappa shape index (κ1) is 12.8. The molecule has 4 nitrogen and oxygen atoms in total. The monoisotopic (exact) mass is 224 g/mol. The van der Waals surface area contributed by atoms with Gasteiger partial charge in [0, 0.05) is 19.5 Å². The standard InChI is InChI=1S/C12H20N2O2/c1-3-7-14-12(15)6-8-13-9-11-5-4-10(2)16-11/h4-5,13H,3,6-9H2,1-2H3,(H,14,15). The van der Waals surface area contributed by atoms with E-state index in [9.17, 15) is 4.79 Å².